The van der Waals surface area contributed by atoms with Crippen LogP contribution in [-0.4, -0.2) is 43.7 Å². The summed E-state index contributed by atoms with van der Waals surface area (Å²) in [5.41, 5.74) is 0.233. The molecule has 0 radical (unpaired) electrons. The Labute approximate surface area is 181 Å². The number of hydrogen-bond acceptors (Lipinski definition) is 4. The summed E-state index contributed by atoms with van der Waals surface area (Å²) >= 11 is 6.40. The van der Waals surface area contributed by atoms with Crippen molar-refractivity contribution in [3.8, 4) is 11.5 Å². The van der Waals surface area contributed by atoms with Crippen LogP contribution in [0.3, 0.4) is 0 Å². The second kappa shape index (κ2) is 8.56. The summed E-state index contributed by atoms with van der Waals surface area (Å²) in [5, 5.41) is 0.147. The molecule has 160 valence electrons. The van der Waals surface area contributed by atoms with Crippen LogP contribution < -0.4 is 9.47 Å². The molecule has 4 nitrogen and oxygen atoms in total. The van der Waals surface area contributed by atoms with Gasteiger partial charge in [-0.1, -0.05) is 41.9 Å². The highest BCUT2D eigenvalue weighted by Gasteiger charge is 2.49. The number of methoxy groups -OCH3 is 2. The van der Waals surface area contributed by atoms with Crippen LogP contribution in [0.25, 0.3) is 0 Å². The van der Waals surface area contributed by atoms with E-state index in [0.717, 1.165) is 32.5 Å². The number of nitrogens with zero attached hydrogens (tertiary/aromatic N) is 1. The van der Waals surface area contributed by atoms with Gasteiger partial charge in [-0.15, -0.1) is 0 Å². The van der Waals surface area contributed by atoms with E-state index in [9.17, 15) is 4.79 Å². The van der Waals surface area contributed by atoms with E-state index in [2.05, 4.69) is 17.0 Å². The van der Waals surface area contributed by atoms with Crippen LogP contribution in [0.1, 0.15) is 40.7 Å². The lowest BCUT2D eigenvalue weighted by Gasteiger charge is -2.34. The van der Waals surface area contributed by atoms with Gasteiger partial charge in [-0.2, -0.15) is 0 Å². The van der Waals surface area contributed by atoms with Crippen LogP contribution in [-0.2, 0) is 13.0 Å². The summed E-state index contributed by atoms with van der Waals surface area (Å²) in [4.78, 5) is 15.4. The summed E-state index contributed by atoms with van der Waals surface area (Å²) in [6, 6.07) is 12.1. The van der Waals surface area contributed by atoms with Gasteiger partial charge < -0.3 is 9.47 Å². The molecule has 4 rings (SSSR count). The number of hydrogen-bond donors (Lipinski definition) is 0. The van der Waals surface area contributed by atoms with E-state index in [1.165, 1.54) is 19.8 Å². The highest BCUT2D eigenvalue weighted by atomic mass is 35.5. The number of carbonyl (C=O) groups is 1. The summed E-state index contributed by atoms with van der Waals surface area (Å²) in [5.74, 6) is 0.371. The SMILES string of the molecule is COc1cc2c(c(Cl)c1OC)C(=O)C(F)(CC1CCN(Cc3ccccc3)CC1)C2. The van der Waals surface area contributed by atoms with E-state index in [1.807, 2.05) is 18.2 Å². The van der Waals surface area contributed by atoms with Crippen molar-refractivity contribution in [2.45, 2.75) is 37.9 Å². The topological polar surface area (TPSA) is 38.8 Å². The van der Waals surface area contributed by atoms with Crippen molar-refractivity contribution >= 4 is 17.4 Å². The van der Waals surface area contributed by atoms with E-state index in [4.69, 9.17) is 21.1 Å². The minimum atomic E-state index is -1.91. The molecular weight excluding hydrogens is 405 g/mol. The van der Waals surface area contributed by atoms with Gasteiger partial charge in [0.25, 0.3) is 0 Å². The Morgan fingerprint density at radius 1 is 1.17 bits per heavy atom. The first-order chi connectivity index (χ1) is 14.4. The fourth-order valence-corrected chi connectivity index (χ4v) is 5.18. The van der Waals surface area contributed by atoms with Crippen molar-refractivity contribution in [2.24, 2.45) is 5.92 Å². The third-order valence-electron chi connectivity index (χ3n) is 6.37. The van der Waals surface area contributed by atoms with Gasteiger partial charge in [0.1, 0.15) is 0 Å². The van der Waals surface area contributed by atoms with Crippen molar-refractivity contribution in [1.82, 2.24) is 4.90 Å². The van der Waals surface area contributed by atoms with Gasteiger partial charge >= 0.3 is 0 Å². The molecule has 1 heterocycles. The molecule has 1 aliphatic carbocycles. The third kappa shape index (κ3) is 3.93. The van der Waals surface area contributed by atoms with Gasteiger partial charge in [-0.25, -0.2) is 4.39 Å². The van der Waals surface area contributed by atoms with Crippen LogP contribution >= 0.6 is 11.6 Å². The Morgan fingerprint density at radius 2 is 1.87 bits per heavy atom. The second-order valence-corrected chi connectivity index (χ2v) is 8.72. The molecular formula is C24H27ClFNO3. The number of halogens is 2. The molecule has 2 aliphatic rings. The Bertz CT molecular complexity index is 928. The number of likely N-dealkylation sites (tertiary alicyclic amines) is 1. The highest BCUT2D eigenvalue weighted by molar-refractivity contribution is 6.36. The molecule has 0 amide bonds. The van der Waals surface area contributed by atoms with Crippen LogP contribution in [0, 0.1) is 5.92 Å². The lowest BCUT2D eigenvalue weighted by Crippen LogP contribution is -2.39. The molecule has 1 atom stereocenters. The van der Waals surface area contributed by atoms with Gasteiger partial charge in [-0.3, -0.25) is 9.69 Å². The van der Waals surface area contributed by atoms with Crippen LogP contribution in [0.5, 0.6) is 11.5 Å². The number of Topliss-reactive ketones (excluding diaryl/α,β-unsaturated/α-hetero) is 1. The maximum absolute atomic E-state index is 15.9. The molecule has 0 spiro atoms. The molecule has 1 fully saturated rings. The molecule has 2 aromatic rings. The van der Waals surface area contributed by atoms with E-state index >= 15 is 4.39 Å². The van der Waals surface area contributed by atoms with Crippen molar-refractivity contribution in [2.75, 3.05) is 27.3 Å². The molecule has 30 heavy (non-hydrogen) atoms. The monoisotopic (exact) mass is 431 g/mol. The largest absolute Gasteiger partial charge is 0.493 e. The van der Waals surface area contributed by atoms with Crippen molar-refractivity contribution in [3.05, 3.63) is 58.1 Å². The zero-order valence-electron chi connectivity index (χ0n) is 17.4. The first kappa shape index (κ1) is 21.1. The van der Waals surface area contributed by atoms with Crippen molar-refractivity contribution in [3.63, 3.8) is 0 Å². The van der Waals surface area contributed by atoms with E-state index < -0.39 is 11.5 Å². The maximum atomic E-state index is 15.9. The number of fused-ring (bicyclic) bond motifs is 1. The van der Waals surface area contributed by atoms with E-state index in [-0.39, 0.29) is 35.1 Å². The number of piperidine rings is 1. The fraction of sp³-hybridized carbons (Fsp3) is 0.458. The number of alkyl halides is 1. The molecule has 6 heteroatoms. The normalized spacial score (nSPS) is 22.2. The number of rotatable bonds is 6. The predicted molar refractivity (Wildman–Crippen MR) is 115 cm³/mol. The van der Waals surface area contributed by atoms with Crippen LogP contribution in [0.15, 0.2) is 36.4 Å². The zero-order valence-corrected chi connectivity index (χ0v) is 18.2. The smallest absolute Gasteiger partial charge is 0.202 e. The number of ketones is 1. The molecule has 1 saturated heterocycles. The number of carbonyl (C=O) groups excluding carboxylic acids is 1. The summed E-state index contributed by atoms with van der Waals surface area (Å²) in [6.07, 6.45) is 2.07. The summed E-state index contributed by atoms with van der Waals surface area (Å²) in [6.45, 7) is 2.74. The van der Waals surface area contributed by atoms with Gasteiger partial charge in [0.05, 0.1) is 19.2 Å². The third-order valence-corrected chi connectivity index (χ3v) is 6.73. The van der Waals surface area contributed by atoms with Gasteiger partial charge in [0.2, 0.25) is 5.78 Å². The highest BCUT2D eigenvalue weighted by Crippen LogP contribution is 2.48. The van der Waals surface area contributed by atoms with Crippen LogP contribution in [0.4, 0.5) is 4.39 Å². The standard InChI is InChI=1S/C24H27ClFNO3/c1-29-19-12-18-14-24(26,23(28)20(18)21(25)22(19)30-2)13-16-8-10-27(11-9-16)15-17-6-4-3-5-7-17/h3-7,12,16H,8-11,13-15H2,1-2H3. The van der Waals surface area contributed by atoms with Gasteiger partial charge in [0, 0.05) is 18.5 Å². The Kier molecular flexibility index (Phi) is 6.03. The molecule has 0 bridgehead atoms. The van der Waals surface area contributed by atoms with Crippen molar-refractivity contribution < 1.29 is 18.7 Å². The van der Waals surface area contributed by atoms with E-state index in [1.54, 1.807) is 6.07 Å². The minimum Gasteiger partial charge on any atom is -0.493 e. The van der Waals surface area contributed by atoms with Gasteiger partial charge in [-0.05, 0) is 55.5 Å². The predicted octanol–water partition coefficient (Wildman–Crippen LogP) is 5.11. The first-order valence-corrected chi connectivity index (χ1v) is 10.8. The first-order valence-electron chi connectivity index (χ1n) is 10.4. The fourth-order valence-electron chi connectivity index (χ4n) is 4.80. The van der Waals surface area contributed by atoms with E-state index in [0.29, 0.717) is 11.3 Å². The summed E-state index contributed by atoms with van der Waals surface area (Å²) in [7, 11) is 2.96. The maximum Gasteiger partial charge on any atom is 0.202 e. The average molecular weight is 432 g/mol. The zero-order chi connectivity index (χ0) is 21.3. The number of benzene rings is 2. The Balaban J connectivity index is 1.43. The molecule has 0 N–H and O–H groups in total. The summed E-state index contributed by atoms with van der Waals surface area (Å²) < 4.78 is 26.5. The molecule has 0 saturated carbocycles. The molecule has 2 aromatic carbocycles. The average Bonchev–Trinajstić information content (AvgIpc) is 3.00. The second-order valence-electron chi connectivity index (χ2n) is 8.34. The van der Waals surface area contributed by atoms with Gasteiger partial charge in [0.15, 0.2) is 17.2 Å². The van der Waals surface area contributed by atoms with Crippen molar-refractivity contribution in [1.29, 1.82) is 0 Å². The molecule has 0 aromatic heterocycles. The Morgan fingerprint density at radius 3 is 2.50 bits per heavy atom. The number of ether oxygens (including phenoxy) is 2. The van der Waals surface area contributed by atoms with Crippen LogP contribution in [0.2, 0.25) is 5.02 Å². The lowest BCUT2D eigenvalue weighted by atomic mass is 9.83. The Hall–Kier alpha value is -2.11. The molecule has 1 aliphatic heterocycles. The lowest BCUT2D eigenvalue weighted by molar-refractivity contribution is 0.0587. The molecule has 1 unspecified atom stereocenters. The quantitative estimate of drug-likeness (QED) is 0.637. The minimum absolute atomic E-state index is 0.0471.